The van der Waals surface area contributed by atoms with E-state index in [-0.39, 0.29) is 18.5 Å². The van der Waals surface area contributed by atoms with Crippen molar-refractivity contribution in [2.45, 2.75) is 32.2 Å². The van der Waals surface area contributed by atoms with Crippen molar-refractivity contribution in [3.05, 3.63) is 0 Å². The number of hydrogen-bond donors (Lipinski definition) is 1. The molecule has 1 aliphatic heterocycles. The van der Waals surface area contributed by atoms with Crippen molar-refractivity contribution in [2.24, 2.45) is 0 Å². The maximum absolute atomic E-state index is 12.1. The molecule has 0 spiro atoms. The lowest BCUT2D eigenvalue weighted by molar-refractivity contribution is -0.144. The number of halogens is 2. The van der Waals surface area contributed by atoms with Crippen LogP contribution < -0.4 is 5.32 Å². The van der Waals surface area contributed by atoms with Gasteiger partial charge in [0.15, 0.2) is 0 Å². The number of carbonyl (C=O) groups excluding carboxylic acids is 2. The maximum Gasteiger partial charge on any atom is 0.315 e. The number of amides is 2. The standard InChI is InChI=1S/C9H14F2N2O2/c1-6(14)12-7-3-2-4-13(5-7)9(15)8(10)11/h7-8H,2-5H2,1H3,(H,12,14). The van der Waals surface area contributed by atoms with E-state index >= 15 is 0 Å². The van der Waals surface area contributed by atoms with Crippen LogP contribution in [0.5, 0.6) is 0 Å². The van der Waals surface area contributed by atoms with Crippen molar-refractivity contribution in [1.82, 2.24) is 10.2 Å². The van der Waals surface area contributed by atoms with Crippen molar-refractivity contribution >= 4 is 11.8 Å². The molecule has 1 fully saturated rings. The largest absolute Gasteiger partial charge is 0.352 e. The van der Waals surface area contributed by atoms with E-state index in [9.17, 15) is 18.4 Å². The molecular weight excluding hydrogens is 206 g/mol. The molecule has 15 heavy (non-hydrogen) atoms. The monoisotopic (exact) mass is 220 g/mol. The van der Waals surface area contributed by atoms with Crippen molar-refractivity contribution in [3.8, 4) is 0 Å². The number of nitrogens with one attached hydrogen (secondary N) is 1. The summed E-state index contributed by atoms with van der Waals surface area (Å²) in [5.41, 5.74) is 0. The number of carbonyl (C=O) groups is 2. The van der Waals surface area contributed by atoms with Crippen molar-refractivity contribution in [3.63, 3.8) is 0 Å². The first kappa shape index (κ1) is 11.9. The molecule has 0 radical (unpaired) electrons. The van der Waals surface area contributed by atoms with E-state index in [1.165, 1.54) is 6.92 Å². The van der Waals surface area contributed by atoms with Crippen molar-refractivity contribution in [1.29, 1.82) is 0 Å². The van der Waals surface area contributed by atoms with E-state index in [1.807, 2.05) is 0 Å². The second-order valence-electron chi connectivity index (χ2n) is 3.62. The quantitative estimate of drug-likeness (QED) is 0.731. The fourth-order valence-electron chi connectivity index (χ4n) is 1.72. The Bertz CT molecular complexity index is 258. The molecule has 0 aromatic carbocycles. The van der Waals surface area contributed by atoms with E-state index in [4.69, 9.17) is 0 Å². The average Bonchev–Trinajstić information content (AvgIpc) is 2.16. The summed E-state index contributed by atoms with van der Waals surface area (Å²) in [6, 6.07) is -0.195. The Kier molecular flexibility index (Phi) is 3.99. The Balaban J connectivity index is 2.48. The summed E-state index contributed by atoms with van der Waals surface area (Å²) in [6.07, 6.45) is -1.59. The molecule has 1 unspecified atom stereocenters. The minimum atomic E-state index is -2.96. The molecule has 0 saturated carbocycles. The van der Waals surface area contributed by atoms with E-state index < -0.39 is 12.3 Å². The highest BCUT2D eigenvalue weighted by atomic mass is 19.3. The van der Waals surface area contributed by atoms with Crippen LogP contribution in [0.1, 0.15) is 19.8 Å². The highest BCUT2D eigenvalue weighted by molar-refractivity contribution is 5.79. The Morgan fingerprint density at radius 1 is 1.47 bits per heavy atom. The summed E-state index contributed by atoms with van der Waals surface area (Å²) in [4.78, 5) is 22.9. The molecule has 1 rings (SSSR count). The summed E-state index contributed by atoms with van der Waals surface area (Å²) >= 11 is 0. The number of nitrogens with zero attached hydrogens (tertiary/aromatic N) is 1. The second-order valence-corrected chi connectivity index (χ2v) is 3.62. The van der Waals surface area contributed by atoms with Crippen LogP contribution in [0.4, 0.5) is 8.78 Å². The van der Waals surface area contributed by atoms with E-state index in [0.717, 1.165) is 11.3 Å². The van der Waals surface area contributed by atoms with Gasteiger partial charge < -0.3 is 10.2 Å². The third kappa shape index (κ3) is 3.45. The third-order valence-electron chi connectivity index (χ3n) is 2.33. The molecule has 0 aromatic rings. The zero-order valence-electron chi connectivity index (χ0n) is 8.50. The Morgan fingerprint density at radius 3 is 2.67 bits per heavy atom. The number of rotatable bonds is 2. The topological polar surface area (TPSA) is 49.4 Å². The molecular formula is C9H14F2N2O2. The SMILES string of the molecule is CC(=O)NC1CCCN(C(=O)C(F)F)C1. The third-order valence-corrected chi connectivity index (χ3v) is 2.33. The van der Waals surface area contributed by atoms with Gasteiger partial charge in [-0.2, -0.15) is 8.78 Å². The minimum absolute atomic E-state index is 0.183. The lowest BCUT2D eigenvalue weighted by atomic mass is 10.1. The van der Waals surface area contributed by atoms with Crippen LogP contribution in [0, 0.1) is 0 Å². The molecule has 6 heteroatoms. The van der Waals surface area contributed by atoms with E-state index in [2.05, 4.69) is 5.32 Å². The summed E-state index contributed by atoms with van der Waals surface area (Å²) < 4.78 is 24.2. The van der Waals surface area contributed by atoms with Gasteiger partial charge in [-0.05, 0) is 12.8 Å². The van der Waals surface area contributed by atoms with Crippen molar-refractivity contribution in [2.75, 3.05) is 13.1 Å². The Labute approximate surface area is 86.6 Å². The minimum Gasteiger partial charge on any atom is -0.352 e. The summed E-state index contributed by atoms with van der Waals surface area (Å²) in [6.45, 7) is 1.90. The molecule has 1 N–H and O–H groups in total. The normalized spacial score (nSPS) is 21.6. The highest BCUT2D eigenvalue weighted by Gasteiger charge is 2.28. The number of alkyl halides is 2. The first-order chi connectivity index (χ1) is 7.00. The fourth-order valence-corrected chi connectivity index (χ4v) is 1.72. The van der Waals surface area contributed by atoms with Crippen LogP contribution >= 0.6 is 0 Å². The van der Waals surface area contributed by atoms with Gasteiger partial charge in [-0.15, -0.1) is 0 Å². The summed E-state index contributed by atoms with van der Waals surface area (Å²) in [5, 5.41) is 2.63. The molecule has 2 amide bonds. The molecule has 1 aliphatic rings. The van der Waals surface area contributed by atoms with Crippen LogP contribution in [0.25, 0.3) is 0 Å². The fraction of sp³-hybridized carbons (Fsp3) is 0.778. The zero-order chi connectivity index (χ0) is 11.4. The molecule has 4 nitrogen and oxygen atoms in total. The molecule has 0 bridgehead atoms. The van der Waals surface area contributed by atoms with Crippen molar-refractivity contribution < 1.29 is 18.4 Å². The van der Waals surface area contributed by atoms with Crippen LogP contribution in [-0.4, -0.2) is 42.3 Å². The van der Waals surface area contributed by atoms with Gasteiger partial charge in [0, 0.05) is 26.1 Å². The van der Waals surface area contributed by atoms with Gasteiger partial charge in [-0.3, -0.25) is 9.59 Å². The van der Waals surface area contributed by atoms with Crippen LogP contribution in [-0.2, 0) is 9.59 Å². The van der Waals surface area contributed by atoms with Gasteiger partial charge in [0.25, 0.3) is 5.91 Å². The molecule has 86 valence electrons. The average molecular weight is 220 g/mol. The summed E-state index contributed by atoms with van der Waals surface area (Å²) in [5.74, 6) is -1.35. The first-order valence-corrected chi connectivity index (χ1v) is 4.84. The maximum atomic E-state index is 12.1. The van der Waals surface area contributed by atoms with Gasteiger partial charge >= 0.3 is 6.43 Å². The van der Waals surface area contributed by atoms with Gasteiger partial charge in [-0.25, -0.2) is 0 Å². The van der Waals surface area contributed by atoms with E-state index in [1.54, 1.807) is 0 Å². The predicted octanol–water partition coefficient (Wildman–Crippen LogP) is 0.379. The van der Waals surface area contributed by atoms with Crippen LogP contribution in [0.3, 0.4) is 0 Å². The van der Waals surface area contributed by atoms with E-state index in [0.29, 0.717) is 13.0 Å². The predicted molar refractivity (Wildman–Crippen MR) is 49.4 cm³/mol. The Morgan fingerprint density at radius 2 is 2.13 bits per heavy atom. The summed E-state index contributed by atoms with van der Waals surface area (Å²) in [7, 11) is 0. The molecule has 0 aliphatic carbocycles. The molecule has 1 heterocycles. The lowest BCUT2D eigenvalue weighted by Gasteiger charge is -2.32. The van der Waals surface area contributed by atoms with Gasteiger partial charge in [-0.1, -0.05) is 0 Å². The number of likely N-dealkylation sites (tertiary alicyclic amines) is 1. The first-order valence-electron chi connectivity index (χ1n) is 4.84. The second kappa shape index (κ2) is 5.04. The van der Waals surface area contributed by atoms with Crippen LogP contribution in [0.15, 0.2) is 0 Å². The Hall–Kier alpha value is -1.20. The lowest BCUT2D eigenvalue weighted by Crippen LogP contribution is -2.50. The smallest absolute Gasteiger partial charge is 0.315 e. The molecule has 0 aromatic heterocycles. The highest BCUT2D eigenvalue weighted by Crippen LogP contribution is 2.12. The van der Waals surface area contributed by atoms with Crippen LogP contribution in [0.2, 0.25) is 0 Å². The molecule has 1 saturated heterocycles. The number of piperidine rings is 1. The molecule has 1 atom stereocenters. The number of hydrogen-bond acceptors (Lipinski definition) is 2. The van der Waals surface area contributed by atoms with Gasteiger partial charge in [0.05, 0.1) is 0 Å². The van der Waals surface area contributed by atoms with Gasteiger partial charge in [0.1, 0.15) is 0 Å². The van der Waals surface area contributed by atoms with Gasteiger partial charge in [0.2, 0.25) is 5.91 Å². The zero-order valence-corrected chi connectivity index (χ0v) is 8.50.